The minimum absolute atomic E-state index is 1.24. The van der Waals surface area contributed by atoms with Crippen molar-refractivity contribution in [2.75, 3.05) is 0 Å². The van der Waals surface area contributed by atoms with Crippen molar-refractivity contribution in [3.8, 4) is 0 Å². The van der Waals surface area contributed by atoms with Crippen LogP contribution in [0.5, 0.6) is 0 Å². The van der Waals surface area contributed by atoms with Gasteiger partial charge in [0.25, 0.3) is 0 Å². The molecule has 0 atom stereocenters. The van der Waals surface area contributed by atoms with Gasteiger partial charge in [-0.15, -0.1) is 11.3 Å². The molecule has 1 rings (SSSR count). The van der Waals surface area contributed by atoms with Gasteiger partial charge in [0.2, 0.25) is 0 Å². The Balaban J connectivity index is 3.13. The van der Waals surface area contributed by atoms with Crippen molar-refractivity contribution in [1.82, 2.24) is 4.98 Å². The second kappa shape index (κ2) is 4.01. The Morgan fingerprint density at radius 1 is 1.40 bits per heavy atom. The molecule has 1 aromatic rings. The molecule has 52 valence electrons. The Morgan fingerprint density at radius 3 is 3.20 bits per heavy atom. The summed E-state index contributed by atoms with van der Waals surface area (Å²) in [6, 6.07) is 6.02. The Morgan fingerprint density at radius 2 is 2.30 bits per heavy atom. The third-order valence-corrected chi connectivity index (χ3v) is 1.60. The van der Waals surface area contributed by atoms with Crippen molar-refractivity contribution in [2.45, 2.75) is 6.92 Å². The van der Waals surface area contributed by atoms with Gasteiger partial charge in [-0.2, -0.15) is 0 Å². The third-order valence-electron chi connectivity index (χ3n) is 1.06. The van der Waals surface area contributed by atoms with Crippen molar-refractivity contribution in [2.24, 2.45) is 0 Å². The van der Waals surface area contributed by atoms with Crippen molar-refractivity contribution < 1.29 is 0 Å². The molecule has 0 N–H and O–H groups in total. The fourth-order valence-electron chi connectivity index (χ4n) is 0.552. The van der Waals surface area contributed by atoms with Crippen LogP contribution in [0.3, 0.4) is 0 Å². The summed E-state index contributed by atoms with van der Waals surface area (Å²) in [7, 11) is 0. The number of hydrogen-bond donors (Lipinski definition) is 0. The van der Waals surface area contributed by atoms with Crippen molar-refractivity contribution >= 4 is 11.3 Å². The summed E-state index contributed by atoms with van der Waals surface area (Å²) in [6.07, 6.45) is 1.78. The second-order valence-corrected chi connectivity index (χ2v) is 2.70. The summed E-state index contributed by atoms with van der Waals surface area (Å²) in [6.45, 7) is 2.06. The van der Waals surface area contributed by atoms with E-state index in [1.807, 2.05) is 17.5 Å². The average molecular weight is 151 g/mol. The quantitative estimate of drug-likeness (QED) is 0.555. The van der Waals surface area contributed by atoms with E-state index in [0.717, 1.165) is 0 Å². The van der Waals surface area contributed by atoms with E-state index < -0.39 is 0 Å². The highest BCUT2D eigenvalue weighted by molar-refractivity contribution is 7.07. The van der Waals surface area contributed by atoms with E-state index in [4.69, 9.17) is 0 Å². The fourth-order valence-corrected chi connectivity index (χ4v) is 1.06. The van der Waals surface area contributed by atoms with E-state index in [2.05, 4.69) is 18.0 Å². The van der Waals surface area contributed by atoms with E-state index in [1.54, 1.807) is 23.0 Å². The fraction of sp³-hybridized carbons (Fsp3) is 0.125. The van der Waals surface area contributed by atoms with Crippen LogP contribution in [0.2, 0.25) is 0 Å². The predicted octanol–water partition coefficient (Wildman–Crippen LogP) is 2.58. The molecule has 0 aliphatic heterocycles. The van der Waals surface area contributed by atoms with Crippen LogP contribution < -0.4 is 0 Å². The summed E-state index contributed by atoms with van der Waals surface area (Å²) in [5.74, 6) is 0. The molecule has 0 saturated carbocycles. The minimum Gasteiger partial charge on any atom is -0.254 e. The van der Waals surface area contributed by atoms with Crippen LogP contribution in [0.4, 0.5) is 0 Å². The number of rotatable bonds is 0. The number of hydrogen-bond acceptors (Lipinski definition) is 2. The Bertz CT molecular complexity index is 217. The molecule has 0 fully saturated rings. The summed E-state index contributed by atoms with van der Waals surface area (Å²) in [5.41, 5.74) is 3.05. The minimum atomic E-state index is 1.24. The zero-order chi connectivity index (χ0) is 7.23. The molecule has 0 aliphatic rings. The molecule has 0 aromatic carbocycles. The highest BCUT2D eigenvalue weighted by Gasteiger charge is 1.70. The van der Waals surface area contributed by atoms with Crippen LogP contribution in [-0.2, 0) is 0 Å². The number of aryl methyl sites for hydroxylation is 1. The zero-order valence-corrected chi connectivity index (χ0v) is 6.64. The van der Waals surface area contributed by atoms with Gasteiger partial charge < -0.3 is 0 Å². The maximum absolute atomic E-state index is 3.99. The third kappa shape index (κ3) is 2.60. The molecule has 0 saturated heterocycles. The van der Waals surface area contributed by atoms with Gasteiger partial charge in [-0.05, 0) is 24.4 Å². The molecule has 0 unspecified atom stereocenters. The molecule has 2 heteroatoms. The summed E-state index contributed by atoms with van der Waals surface area (Å²) in [5, 5.41) is 2.02. The van der Waals surface area contributed by atoms with Gasteiger partial charge in [0, 0.05) is 6.20 Å². The lowest BCUT2D eigenvalue weighted by atomic mass is 10.3. The van der Waals surface area contributed by atoms with Crippen LogP contribution in [0.25, 0.3) is 0 Å². The molecular formula is C8H9NS. The van der Waals surface area contributed by atoms with Crippen molar-refractivity contribution in [3.05, 3.63) is 40.8 Å². The molecule has 0 bridgehead atoms. The van der Waals surface area contributed by atoms with Crippen LogP contribution in [-0.4, -0.2) is 4.98 Å². The standard InChI is InChI=1S/C8H9NS/c1-8-3-2-5-9-7-10-6-4-8/h2-7H,1H3. The Labute approximate surface area is 64.7 Å². The lowest BCUT2D eigenvalue weighted by Gasteiger charge is -1.76. The van der Waals surface area contributed by atoms with Crippen molar-refractivity contribution in [1.29, 1.82) is 0 Å². The van der Waals surface area contributed by atoms with Crippen LogP contribution in [0.1, 0.15) is 5.56 Å². The van der Waals surface area contributed by atoms with Gasteiger partial charge in [-0.1, -0.05) is 11.6 Å². The summed E-state index contributed by atoms with van der Waals surface area (Å²) in [4.78, 5) is 3.99. The first kappa shape index (κ1) is 7.22. The molecule has 10 heavy (non-hydrogen) atoms. The van der Waals surface area contributed by atoms with Gasteiger partial charge >= 0.3 is 0 Å². The summed E-state index contributed by atoms with van der Waals surface area (Å²) >= 11 is 1.58. The number of aromatic nitrogens is 1. The topological polar surface area (TPSA) is 12.9 Å². The van der Waals surface area contributed by atoms with Crippen molar-refractivity contribution in [3.63, 3.8) is 0 Å². The van der Waals surface area contributed by atoms with Gasteiger partial charge in [-0.25, -0.2) is 0 Å². The lowest BCUT2D eigenvalue weighted by molar-refractivity contribution is 1.39. The molecule has 0 radical (unpaired) electrons. The first-order chi connectivity index (χ1) is 4.89. The summed E-state index contributed by atoms with van der Waals surface area (Å²) < 4.78 is 0. The number of nitrogens with zero attached hydrogens (tertiary/aromatic N) is 1. The van der Waals surface area contributed by atoms with Gasteiger partial charge in [0.15, 0.2) is 0 Å². The monoisotopic (exact) mass is 151 g/mol. The second-order valence-electron chi connectivity index (χ2n) is 1.95. The zero-order valence-electron chi connectivity index (χ0n) is 5.82. The Kier molecular flexibility index (Phi) is 2.90. The maximum atomic E-state index is 3.99. The van der Waals surface area contributed by atoms with Gasteiger partial charge in [0.05, 0.1) is 5.51 Å². The van der Waals surface area contributed by atoms with Crippen LogP contribution in [0.15, 0.2) is 35.3 Å². The maximum Gasteiger partial charge on any atom is 0.0790 e. The van der Waals surface area contributed by atoms with E-state index in [1.165, 1.54) is 5.56 Å². The molecule has 0 amide bonds. The molecule has 1 aromatic heterocycles. The van der Waals surface area contributed by atoms with E-state index >= 15 is 0 Å². The van der Waals surface area contributed by atoms with Crippen LogP contribution >= 0.6 is 11.3 Å². The average Bonchev–Trinajstić information content (AvgIpc) is 2.02. The first-order valence-electron chi connectivity index (χ1n) is 3.07. The van der Waals surface area contributed by atoms with E-state index in [9.17, 15) is 0 Å². The van der Waals surface area contributed by atoms with E-state index in [0.29, 0.717) is 0 Å². The molecule has 1 nitrogen and oxygen atoms in total. The van der Waals surface area contributed by atoms with Gasteiger partial charge in [0.1, 0.15) is 0 Å². The molecule has 0 aliphatic carbocycles. The molecule has 1 heterocycles. The first-order valence-corrected chi connectivity index (χ1v) is 4.01. The highest BCUT2D eigenvalue weighted by atomic mass is 32.1. The largest absolute Gasteiger partial charge is 0.254 e. The lowest BCUT2D eigenvalue weighted by Crippen LogP contribution is -1.57. The molecule has 0 spiro atoms. The van der Waals surface area contributed by atoms with Crippen LogP contribution in [0, 0.1) is 6.92 Å². The molecular weight excluding hydrogens is 142 g/mol. The highest BCUT2D eigenvalue weighted by Crippen LogP contribution is 1.92. The Hall–Kier alpha value is -0.890. The normalized spacial score (nSPS) is 8.50. The smallest absolute Gasteiger partial charge is 0.0790 e. The predicted molar refractivity (Wildman–Crippen MR) is 44.5 cm³/mol. The SMILES string of the molecule is Cc1cccncscc1. The van der Waals surface area contributed by atoms with E-state index in [-0.39, 0.29) is 0 Å². The van der Waals surface area contributed by atoms with Gasteiger partial charge in [-0.3, -0.25) is 4.98 Å².